The summed E-state index contributed by atoms with van der Waals surface area (Å²) in [6, 6.07) is 14.0. The van der Waals surface area contributed by atoms with E-state index < -0.39 is 0 Å². The monoisotopic (exact) mass is 428 g/mol. The molecule has 1 unspecified atom stereocenters. The molecule has 3 aromatic rings. The molecule has 4 nitrogen and oxygen atoms in total. The minimum atomic E-state index is -0.229. The molecule has 3 N–H and O–H groups in total. The Kier molecular flexibility index (Phi) is 7.06. The van der Waals surface area contributed by atoms with E-state index in [0.717, 1.165) is 42.3 Å². The number of rotatable bonds is 4. The summed E-state index contributed by atoms with van der Waals surface area (Å²) in [6.07, 6.45) is 5.78. The number of carbonyl (C=O) groups excluding carboxylic acids is 1. The normalized spacial score (nSPS) is 19.7. The topological polar surface area (TPSA) is 73.5 Å². The first-order valence-corrected chi connectivity index (χ1v) is 10.5. The van der Waals surface area contributed by atoms with Crippen molar-refractivity contribution in [2.45, 2.75) is 38.5 Å². The summed E-state index contributed by atoms with van der Waals surface area (Å²) in [4.78, 5) is 17.0. The van der Waals surface area contributed by atoms with Crippen LogP contribution in [0.25, 0.3) is 10.9 Å². The Morgan fingerprint density at radius 1 is 1.10 bits per heavy atom. The molecule has 0 radical (unpaired) electrons. The van der Waals surface area contributed by atoms with E-state index in [-0.39, 0.29) is 23.1 Å². The highest BCUT2D eigenvalue weighted by molar-refractivity contribution is 6.30. The maximum Gasteiger partial charge on any atom is 0.227 e. The molecule has 0 bridgehead atoms. The first-order valence-electron chi connectivity index (χ1n) is 10.1. The third kappa shape index (κ3) is 4.79. The van der Waals surface area contributed by atoms with Gasteiger partial charge in [-0.05, 0) is 91.6 Å². The number of pyridine rings is 1. The van der Waals surface area contributed by atoms with Crippen LogP contribution in [0, 0.1) is 17.7 Å². The molecule has 1 heterocycles. The predicted octanol–water partition coefficient (Wildman–Crippen LogP) is 5.75. The molecule has 0 aliphatic heterocycles. The van der Waals surface area contributed by atoms with Crippen molar-refractivity contribution in [3.63, 3.8) is 0 Å². The Morgan fingerprint density at radius 3 is 2.50 bits per heavy atom. The summed E-state index contributed by atoms with van der Waals surface area (Å²) in [5, 5.41) is 4.55. The molecule has 1 aromatic heterocycles. The average Bonchev–Trinajstić information content (AvgIpc) is 2.74. The van der Waals surface area contributed by atoms with Gasteiger partial charge >= 0.3 is 0 Å². The van der Waals surface area contributed by atoms with Gasteiger partial charge in [0.2, 0.25) is 5.91 Å². The van der Waals surface area contributed by atoms with Crippen LogP contribution < -0.4 is 5.32 Å². The fourth-order valence-corrected chi connectivity index (χ4v) is 4.56. The highest BCUT2D eigenvalue weighted by atomic mass is 35.5. The van der Waals surface area contributed by atoms with Crippen molar-refractivity contribution in [1.29, 1.82) is 0 Å². The number of amides is 1. The molecule has 0 saturated heterocycles. The van der Waals surface area contributed by atoms with Gasteiger partial charge in [-0.25, -0.2) is 4.39 Å². The fraction of sp³-hybridized carbons (Fsp3) is 0.333. The molecule has 30 heavy (non-hydrogen) atoms. The summed E-state index contributed by atoms with van der Waals surface area (Å²) in [7, 11) is 0. The SMILES string of the molecule is CC(C(=O)Nc1ccc(Cl)cc1)C1CCC(c2ccnc3ccc(F)cc23)CC1.O. The van der Waals surface area contributed by atoms with Crippen LogP contribution >= 0.6 is 11.6 Å². The molecule has 4 rings (SSSR count). The molecule has 6 heteroatoms. The Hall–Kier alpha value is -2.50. The fourth-order valence-electron chi connectivity index (χ4n) is 4.43. The van der Waals surface area contributed by atoms with Crippen LogP contribution in [0.4, 0.5) is 10.1 Å². The van der Waals surface area contributed by atoms with Crippen molar-refractivity contribution in [2.75, 3.05) is 5.32 Å². The summed E-state index contributed by atoms with van der Waals surface area (Å²) in [6.45, 7) is 2.01. The molecule has 1 aliphatic carbocycles. The van der Waals surface area contributed by atoms with E-state index in [0.29, 0.717) is 16.9 Å². The summed E-state index contributed by atoms with van der Waals surface area (Å²) < 4.78 is 13.8. The quantitative estimate of drug-likeness (QED) is 0.574. The van der Waals surface area contributed by atoms with Crippen molar-refractivity contribution < 1.29 is 14.7 Å². The predicted molar refractivity (Wildman–Crippen MR) is 119 cm³/mol. The molecule has 1 aliphatic rings. The van der Waals surface area contributed by atoms with Gasteiger partial charge in [-0.3, -0.25) is 9.78 Å². The number of hydrogen-bond acceptors (Lipinski definition) is 2. The van der Waals surface area contributed by atoms with Crippen LogP contribution in [-0.4, -0.2) is 16.4 Å². The van der Waals surface area contributed by atoms with E-state index in [1.165, 1.54) is 11.6 Å². The lowest BCUT2D eigenvalue weighted by atomic mass is 9.73. The number of nitrogens with one attached hydrogen (secondary N) is 1. The number of anilines is 1. The minimum absolute atomic E-state index is 0. The molecule has 1 atom stereocenters. The van der Waals surface area contributed by atoms with Crippen LogP contribution in [0.15, 0.2) is 54.7 Å². The summed E-state index contributed by atoms with van der Waals surface area (Å²) in [5.74, 6) is 0.492. The summed E-state index contributed by atoms with van der Waals surface area (Å²) >= 11 is 5.90. The van der Waals surface area contributed by atoms with E-state index in [1.807, 2.05) is 31.3 Å². The van der Waals surface area contributed by atoms with Crippen LogP contribution in [0.2, 0.25) is 5.02 Å². The Balaban J connectivity index is 0.00000256. The lowest BCUT2D eigenvalue weighted by Gasteiger charge is -2.32. The molecule has 1 saturated carbocycles. The maximum absolute atomic E-state index is 13.8. The van der Waals surface area contributed by atoms with E-state index in [9.17, 15) is 9.18 Å². The largest absolute Gasteiger partial charge is 0.412 e. The maximum atomic E-state index is 13.8. The number of benzene rings is 2. The number of hydrogen-bond donors (Lipinski definition) is 1. The van der Waals surface area contributed by atoms with Crippen molar-refractivity contribution >= 4 is 34.1 Å². The number of aromatic nitrogens is 1. The lowest BCUT2D eigenvalue weighted by Crippen LogP contribution is -2.29. The van der Waals surface area contributed by atoms with Gasteiger partial charge in [0, 0.05) is 28.2 Å². The highest BCUT2D eigenvalue weighted by Crippen LogP contribution is 2.41. The van der Waals surface area contributed by atoms with Gasteiger partial charge in [-0.1, -0.05) is 18.5 Å². The van der Waals surface area contributed by atoms with Crippen LogP contribution in [-0.2, 0) is 4.79 Å². The van der Waals surface area contributed by atoms with E-state index in [4.69, 9.17) is 11.6 Å². The number of carbonyl (C=O) groups is 1. The summed E-state index contributed by atoms with van der Waals surface area (Å²) in [5.41, 5.74) is 2.78. The second kappa shape index (κ2) is 9.54. The van der Waals surface area contributed by atoms with Crippen molar-refractivity contribution in [3.8, 4) is 0 Å². The first kappa shape index (κ1) is 22.2. The zero-order valence-electron chi connectivity index (χ0n) is 16.9. The lowest BCUT2D eigenvalue weighted by molar-refractivity contribution is -0.121. The van der Waals surface area contributed by atoms with E-state index in [2.05, 4.69) is 10.3 Å². The number of nitrogens with zero attached hydrogens (tertiary/aromatic N) is 1. The highest BCUT2D eigenvalue weighted by Gasteiger charge is 2.30. The first-order chi connectivity index (χ1) is 14.0. The Morgan fingerprint density at radius 2 is 1.80 bits per heavy atom. The van der Waals surface area contributed by atoms with E-state index in [1.54, 1.807) is 24.3 Å². The third-order valence-corrected chi connectivity index (χ3v) is 6.43. The van der Waals surface area contributed by atoms with Crippen molar-refractivity contribution in [1.82, 2.24) is 4.98 Å². The van der Waals surface area contributed by atoms with Crippen molar-refractivity contribution in [3.05, 3.63) is 71.1 Å². The van der Waals surface area contributed by atoms with Gasteiger partial charge in [0.1, 0.15) is 5.82 Å². The number of halogens is 2. The second-order valence-electron chi connectivity index (χ2n) is 7.96. The second-order valence-corrected chi connectivity index (χ2v) is 8.39. The van der Waals surface area contributed by atoms with Gasteiger partial charge < -0.3 is 10.8 Å². The molecule has 0 spiro atoms. The zero-order chi connectivity index (χ0) is 20.4. The van der Waals surface area contributed by atoms with Crippen molar-refractivity contribution in [2.24, 2.45) is 11.8 Å². The van der Waals surface area contributed by atoms with Gasteiger partial charge in [-0.2, -0.15) is 0 Å². The molecule has 158 valence electrons. The van der Waals surface area contributed by atoms with Gasteiger partial charge in [0.15, 0.2) is 0 Å². The van der Waals surface area contributed by atoms with Gasteiger partial charge in [0.05, 0.1) is 5.52 Å². The van der Waals surface area contributed by atoms with Crippen LogP contribution in [0.5, 0.6) is 0 Å². The third-order valence-electron chi connectivity index (χ3n) is 6.18. The smallest absolute Gasteiger partial charge is 0.227 e. The van der Waals surface area contributed by atoms with E-state index >= 15 is 0 Å². The minimum Gasteiger partial charge on any atom is -0.412 e. The average molecular weight is 429 g/mol. The molecule has 1 fully saturated rings. The zero-order valence-corrected chi connectivity index (χ0v) is 17.6. The standard InChI is InChI=1S/C24H24ClFN2O.H2O/c1-15(24(29)28-20-9-6-18(25)7-10-20)16-2-4-17(5-3-16)21-12-13-27-23-11-8-19(26)14-22(21)23;/h6-17H,2-5H2,1H3,(H,28,29);1H2. The molecule has 1 amide bonds. The Labute approximate surface area is 180 Å². The van der Waals surface area contributed by atoms with Gasteiger partial charge in [-0.15, -0.1) is 0 Å². The van der Waals surface area contributed by atoms with Gasteiger partial charge in [0.25, 0.3) is 0 Å². The number of fused-ring (bicyclic) bond motifs is 1. The molecular weight excluding hydrogens is 403 g/mol. The van der Waals surface area contributed by atoms with Crippen LogP contribution in [0.1, 0.15) is 44.1 Å². The molecule has 2 aromatic carbocycles. The Bertz CT molecular complexity index is 1020. The van der Waals surface area contributed by atoms with Crippen LogP contribution in [0.3, 0.4) is 0 Å². The molecular formula is C24H26ClFN2O2.